The predicted octanol–water partition coefficient (Wildman–Crippen LogP) is 0.0725. The van der Waals surface area contributed by atoms with Crippen LogP contribution in [-0.4, -0.2) is 57.0 Å². The van der Waals surface area contributed by atoms with Gasteiger partial charge in [-0.2, -0.15) is 0 Å². The third-order valence-electron chi connectivity index (χ3n) is 3.57. The maximum atomic E-state index is 5.91. The van der Waals surface area contributed by atoms with Crippen LogP contribution in [0.25, 0.3) is 0 Å². The van der Waals surface area contributed by atoms with E-state index in [9.17, 15) is 0 Å². The summed E-state index contributed by atoms with van der Waals surface area (Å²) in [5, 5.41) is 0. The Morgan fingerprint density at radius 2 is 1.67 bits per heavy atom. The highest BCUT2D eigenvalue weighted by molar-refractivity contribution is 4.83. The zero-order chi connectivity index (χ0) is 10.5. The first-order valence-corrected chi connectivity index (χ1v) is 6.01. The van der Waals surface area contributed by atoms with Crippen LogP contribution >= 0.6 is 0 Å². The molecule has 0 aromatic rings. The first-order valence-electron chi connectivity index (χ1n) is 6.01. The van der Waals surface area contributed by atoms with Gasteiger partial charge in [0.2, 0.25) is 0 Å². The third-order valence-corrected chi connectivity index (χ3v) is 3.57. The Bertz CT molecular complexity index is 159. The molecule has 88 valence electrons. The number of rotatable bonds is 3. The number of hydrogen-bond donors (Lipinski definition) is 1. The van der Waals surface area contributed by atoms with Crippen LogP contribution in [-0.2, 0) is 9.47 Å². The molecule has 4 heteroatoms. The summed E-state index contributed by atoms with van der Waals surface area (Å²) in [5.41, 5.74) is 5.91. The highest BCUT2D eigenvalue weighted by atomic mass is 16.5. The molecule has 4 nitrogen and oxygen atoms in total. The van der Waals surface area contributed by atoms with Crippen LogP contribution in [0, 0.1) is 5.92 Å². The number of morpholine rings is 1. The van der Waals surface area contributed by atoms with E-state index in [-0.39, 0.29) is 0 Å². The summed E-state index contributed by atoms with van der Waals surface area (Å²) < 4.78 is 10.8. The zero-order valence-corrected chi connectivity index (χ0v) is 9.36. The molecule has 2 N–H and O–H groups in total. The molecule has 0 aliphatic carbocycles. The summed E-state index contributed by atoms with van der Waals surface area (Å²) >= 11 is 0. The van der Waals surface area contributed by atoms with Crippen molar-refractivity contribution in [2.45, 2.75) is 18.9 Å². The normalized spacial score (nSPS) is 27.8. The average molecular weight is 214 g/mol. The second-order valence-corrected chi connectivity index (χ2v) is 4.40. The van der Waals surface area contributed by atoms with Crippen molar-refractivity contribution in [2.75, 3.05) is 46.1 Å². The Labute approximate surface area is 91.7 Å². The van der Waals surface area contributed by atoms with Crippen LogP contribution in [0.3, 0.4) is 0 Å². The van der Waals surface area contributed by atoms with Crippen LogP contribution in [0.4, 0.5) is 0 Å². The van der Waals surface area contributed by atoms with Crippen molar-refractivity contribution in [1.29, 1.82) is 0 Å². The van der Waals surface area contributed by atoms with Crippen LogP contribution in [0.5, 0.6) is 0 Å². The number of nitrogens with zero attached hydrogens (tertiary/aromatic N) is 1. The van der Waals surface area contributed by atoms with Gasteiger partial charge in [0.05, 0.1) is 13.2 Å². The van der Waals surface area contributed by atoms with Gasteiger partial charge in [0.15, 0.2) is 0 Å². The summed E-state index contributed by atoms with van der Waals surface area (Å²) in [4.78, 5) is 2.50. The monoisotopic (exact) mass is 214 g/mol. The van der Waals surface area contributed by atoms with Gasteiger partial charge in [0.1, 0.15) is 0 Å². The molecule has 0 saturated carbocycles. The zero-order valence-electron chi connectivity index (χ0n) is 9.36. The SMILES string of the molecule is NCC(C1CCOCC1)N1CCOCC1. The molecule has 2 saturated heterocycles. The second kappa shape index (κ2) is 5.80. The van der Waals surface area contributed by atoms with Crippen molar-refractivity contribution < 1.29 is 9.47 Å². The third kappa shape index (κ3) is 2.91. The molecule has 15 heavy (non-hydrogen) atoms. The molecule has 2 rings (SSSR count). The lowest BCUT2D eigenvalue weighted by Crippen LogP contribution is -2.51. The Hall–Kier alpha value is -0.160. The molecule has 2 heterocycles. The van der Waals surface area contributed by atoms with Gasteiger partial charge in [0, 0.05) is 38.9 Å². The molecule has 1 unspecified atom stereocenters. The quantitative estimate of drug-likeness (QED) is 0.722. The first kappa shape index (κ1) is 11.3. The second-order valence-electron chi connectivity index (χ2n) is 4.40. The number of ether oxygens (including phenoxy) is 2. The summed E-state index contributed by atoms with van der Waals surface area (Å²) in [6.45, 7) is 6.39. The van der Waals surface area contributed by atoms with E-state index in [2.05, 4.69) is 4.90 Å². The van der Waals surface area contributed by atoms with Gasteiger partial charge in [-0.25, -0.2) is 0 Å². The molecule has 0 bridgehead atoms. The van der Waals surface area contributed by atoms with Gasteiger partial charge in [-0.05, 0) is 18.8 Å². The largest absolute Gasteiger partial charge is 0.381 e. The fourth-order valence-electron chi connectivity index (χ4n) is 2.65. The molecule has 2 fully saturated rings. The Kier molecular flexibility index (Phi) is 4.38. The molecule has 0 aromatic heterocycles. The maximum absolute atomic E-state index is 5.91. The number of hydrogen-bond acceptors (Lipinski definition) is 4. The fraction of sp³-hybridized carbons (Fsp3) is 1.00. The standard InChI is InChI=1S/C11H22N2O2/c12-9-11(10-1-5-14-6-2-10)13-3-7-15-8-4-13/h10-11H,1-9,12H2. The molecule has 0 spiro atoms. The number of nitrogens with two attached hydrogens (primary N) is 1. The summed E-state index contributed by atoms with van der Waals surface area (Å²) in [6.07, 6.45) is 2.33. The van der Waals surface area contributed by atoms with E-state index in [1.165, 1.54) is 12.8 Å². The van der Waals surface area contributed by atoms with Gasteiger partial charge in [-0.15, -0.1) is 0 Å². The van der Waals surface area contributed by atoms with E-state index in [0.717, 1.165) is 52.0 Å². The molecule has 2 aliphatic rings. The molecule has 0 amide bonds. The minimum atomic E-state index is 0.540. The molecule has 0 aromatic carbocycles. The lowest BCUT2D eigenvalue weighted by Gasteiger charge is -2.39. The van der Waals surface area contributed by atoms with Gasteiger partial charge < -0.3 is 15.2 Å². The van der Waals surface area contributed by atoms with Crippen molar-refractivity contribution in [2.24, 2.45) is 11.7 Å². The van der Waals surface area contributed by atoms with Crippen LogP contribution in [0.2, 0.25) is 0 Å². The highest BCUT2D eigenvalue weighted by Gasteiger charge is 2.28. The summed E-state index contributed by atoms with van der Waals surface area (Å²) in [6, 6.07) is 0.540. The Morgan fingerprint density at radius 3 is 2.27 bits per heavy atom. The molecule has 1 atom stereocenters. The molecular formula is C11H22N2O2. The van der Waals surface area contributed by atoms with E-state index >= 15 is 0 Å². The van der Waals surface area contributed by atoms with Crippen LogP contribution < -0.4 is 5.73 Å². The Balaban J connectivity index is 1.88. The summed E-state index contributed by atoms with van der Waals surface area (Å²) in [7, 11) is 0. The maximum Gasteiger partial charge on any atom is 0.0594 e. The highest BCUT2D eigenvalue weighted by Crippen LogP contribution is 2.22. The first-order chi connectivity index (χ1) is 7.42. The predicted molar refractivity (Wildman–Crippen MR) is 58.8 cm³/mol. The van der Waals surface area contributed by atoms with E-state index in [4.69, 9.17) is 15.2 Å². The van der Waals surface area contributed by atoms with E-state index in [0.29, 0.717) is 6.04 Å². The molecule has 0 radical (unpaired) electrons. The summed E-state index contributed by atoms with van der Waals surface area (Å²) in [5.74, 6) is 0.724. The lowest BCUT2D eigenvalue weighted by molar-refractivity contribution is -0.0187. The van der Waals surface area contributed by atoms with Gasteiger partial charge in [-0.3, -0.25) is 4.90 Å². The Morgan fingerprint density at radius 1 is 1.07 bits per heavy atom. The van der Waals surface area contributed by atoms with Crippen molar-refractivity contribution in [3.63, 3.8) is 0 Å². The smallest absolute Gasteiger partial charge is 0.0594 e. The van der Waals surface area contributed by atoms with Crippen molar-refractivity contribution in [3.8, 4) is 0 Å². The van der Waals surface area contributed by atoms with Crippen molar-refractivity contribution in [3.05, 3.63) is 0 Å². The lowest BCUT2D eigenvalue weighted by atomic mass is 9.90. The van der Waals surface area contributed by atoms with Gasteiger partial charge >= 0.3 is 0 Å². The van der Waals surface area contributed by atoms with Crippen LogP contribution in [0.1, 0.15) is 12.8 Å². The van der Waals surface area contributed by atoms with E-state index in [1.807, 2.05) is 0 Å². The van der Waals surface area contributed by atoms with Crippen molar-refractivity contribution in [1.82, 2.24) is 4.90 Å². The average Bonchev–Trinajstić information content (AvgIpc) is 2.33. The van der Waals surface area contributed by atoms with Crippen LogP contribution in [0.15, 0.2) is 0 Å². The van der Waals surface area contributed by atoms with Crippen molar-refractivity contribution >= 4 is 0 Å². The molecule has 2 aliphatic heterocycles. The minimum Gasteiger partial charge on any atom is -0.381 e. The van der Waals surface area contributed by atoms with Gasteiger partial charge in [0.25, 0.3) is 0 Å². The topological polar surface area (TPSA) is 47.7 Å². The van der Waals surface area contributed by atoms with E-state index in [1.54, 1.807) is 0 Å². The van der Waals surface area contributed by atoms with Gasteiger partial charge in [-0.1, -0.05) is 0 Å². The molecular weight excluding hydrogens is 192 g/mol. The van der Waals surface area contributed by atoms with E-state index < -0.39 is 0 Å². The minimum absolute atomic E-state index is 0.540. The fourth-order valence-corrected chi connectivity index (χ4v) is 2.65.